The van der Waals surface area contributed by atoms with Crippen molar-refractivity contribution in [2.75, 3.05) is 19.7 Å². The molecule has 0 saturated carbocycles. The molecule has 1 aromatic heterocycles. The van der Waals surface area contributed by atoms with E-state index in [2.05, 4.69) is 16.4 Å². The van der Waals surface area contributed by atoms with Crippen molar-refractivity contribution in [3.05, 3.63) is 69.9 Å². The van der Waals surface area contributed by atoms with Gasteiger partial charge in [0.1, 0.15) is 11.4 Å². The Morgan fingerprint density at radius 3 is 2.85 bits per heavy atom. The van der Waals surface area contributed by atoms with Crippen molar-refractivity contribution < 1.29 is 14.3 Å². The molecule has 3 aromatic rings. The number of benzene rings is 2. The highest BCUT2D eigenvalue weighted by Crippen LogP contribution is 2.33. The molecule has 170 valence electrons. The molecule has 0 aliphatic carbocycles. The second-order valence-corrected chi connectivity index (χ2v) is 9.87. The molecule has 1 fully saturated rings. The normalized spacial score (nSPS) is 17.0. The van der Waals surface area contributed by atoms with Crippen LogP contribution in [0.5, 0.6) is 5.75 Å². The number of fused-ring (bicyclic) bond motifs is 1. The predicted octanol–water partition coefficient (Wildman–Crippen LogP) is 4.40. The topological polar surface area (TPSA) is 71.5 Å². The third-order valence-corrected chi connectivity index (χ3v) is 7.35. The van der Waals surface area contributed by atoms with E-state index in [1.807, 2.05) is 55.1 Å². The van der Waals surface area contributed by atoms with Crippen LogP contribution in [0.3, 0.4) is 0 Å². The number of likely N-dealkylation sites (tertiary alicyclic amines) is 1. The van der Waals surface area contributed by atoms with E-state index in [0.717, 1.165) is 51.6 Å². The average molecular weight is 462 g/mol. The van der Waals surface area contributed by atoms with Crippen molar-refractivity contribution in [3.8, 4) is 16.2 Å². The zero-order valence-corrected chi connectivity index (χ0v) is 19.7. The van der Waals surface area contributed by atoms with Crippen LogP contribution in [0.2, 0.25) is 0 Å². The van der Waals surface area contributed by atoms with Gasteiger partial charge in [0.25, 0.3) is 11.8 Å². The van der Waals surface area contributed by atoms with Crippen LogP contribution in [0.1, 0.15) is 49.8 Å². The molecule has 1 saturated heterocycles. The first-order valence-corrected chi connectivity index (χ1v) is 12.2. The van der Waals surface area contributed by atoms with E-state index >= 15 is 0 Å². The predicted molar refractivity (Wildman–Crippen MR) is 129 cm³/mol. The molecule has 33 heavy (non-hydrogen) atoms. The van der Waals surface area contributed by atoms with Gasteiger partial charge < -0.3 is 15.0 Å². The SMILES string of the molecule is Cc1cccc(-c2sc(C)nc2C(=O)N2CCC2CNC(=O)c2cccc3c2CCCO3)c1. The monoisotopic (exact) mass is 461 g/mol. The zero-order valence-electron chi connectivity index (χ0n) is 18.9. The summed E-state index contributed by atoms with van der Waals surface area (Å²) in [6, 6.07) is 13.8. The largest absolute Gasteiger partial charge is 0.493 e. The lowest BCUT2D eigenvalue weighted by Gasteiger charge is -2.40. The van der Waals surface area contributed by atoms with Gasteiger partial charge in [0.15, 0.2) is 0 Å². The van der Waals surface area contributed by atoms with E-state index < -0.39 is 0 Å². The number of aryl methyl sites for hydroxylation is 2. The Bertz CT molecular complexity index is 1220. The highest BCUT2D eigenvalue weighted by Gasteiger charge is 2.35. The standard InChI is InChI=1S/C26H27N3O3S/c1-16-6-3-7-18(14-16)24-23(28-17(2)33-24)26(31)29-12-11-19(29)15-27-25(30)21-8-4-10-22-20(21)9-5-13-32-22/h3-4,6-8,10,14,19H,5,9,11-13,15H2,1-2H3,(H,27,30). The van der Waals surface area contributed by atoms with Crippen molar-refractivity contribution in [1.29, 1.82) is 0 Å². The van der Waals surface area contributed by atoms with Gasteiger partial charge in [-0.2, -0.15) is 0 Å². The molecule has 2 aromatic carbocycles. The third kappa shape index (κ3) is 4.25. The second-order valence-electron chi connectivity index (χ2n) is 8.67. The Kier molecular flexibility index (Phi) is 5.89. The van der Waals surface area contributed by atoms with Crippen molar-refractivity contribution in [1.82, 2.24) is 15.2 Å². The van der Waals surface area contributed by atoms with Gasteiger partial charge in [0.2, 0.25) is 0 Å². The number of rotatable bonds is 5. The lowest BCUT2D eigenvalue weighted by atomic mass is 9.98. The Morgan fingerprint density at radius 1 is 1.21 bits per heavy atom. The van der Waals surface area contributed by atoms with Gasteiger partial charge in [-0.15, -0.1) is 11.3 Å². The lowest BCUT2D eigenvalue weighted by Crippen LogP contribution is -2.56. The summed E-state index contributed by atoms with van der Waals surface area (Å²) in [5, 5.41) is 3.91. The number of carbonyl (C=O) groups is 2. The Balaban J connectivity index is 1.28. The molecule has 6 nitrogen and oxygen atoms in total. The molecule has 0 spiro atoms. The van der Waals surface area contributed by atoms with Crippen molar-refractivity contribution in [2.24, 2.45) is 0 Å². The molecule has 7 heteroatoms. The molecule has 3 heterocycles. The van der Waals surface area contributed by atoms with Crippen molar-refractivity contribution >= 4 is 23.2 Å². The fraction of sp³-hybridized carbons (Fsp3) is 0.346. The quantitative estimate of drug-likeness (QED) is 0.612. The molecule has 0 bridgehead atoms. The van der Waals surface area contributed by atoms with Gasteiger partial charge >= 0.3 is 0 Å². The summed E-state index contributed by atoms with van der Waals surface area (Å²) < 4.78 is 5.69. The van der Waals surface area contributed by atoms with Crippen LogP contribution >= 0.6 is 11.3 Å². The highest BCUT2D eigenvalue weighted by molar-refractivity contribution is 7.15. The third-order valence-electron chi connectivity index (χ3n) is 6.33. The lowest BCUT2D eigenvalue weighted by molar-refractivity contribution is 0.0451. The maximum Gasteiger partial charge on any atom is 0.274 e. The van der Waals surface area contributed by atoms with E-state index in [4.69, 9.17) is 4.74 Å². The summed E-state index contributed by atoms with van der Waals surface area (Å²) in [6.07, 6.45) is 2.63. The summed E-state index contributed by atoms with van der Waals surface area (Å²) in [4.78, 5) is 33.6. The van der Waals surface area contributed by atoms with E-state index in [0.29, 0.717) is 31.0 Å². The molecular weight excluding hydrogens is 434 g/mol. The van der Waals surface area contributed by atoms with E-state index in [9.17, 15) is 9.59 Å². The minimum absolute atomic E-state index is 0.0235. The molecule has 1 unspecified atom stereocenters. The van der Waals surface area contributed by atoms with E-state index in [1.165, 1.54) is 0 Å². The van der Waals surface area contributed by atoms with Gasteiger partial charge in [0, 0.05) is 24.2 Å². The van der Waals surface area contributed by atoms with Gasteiger partial charge in [-0.3, -0.25) is 9.59 Å². The zero-order chi connectivity index (χ0) is 22.9. The molecule has 0 radical (unpaired) electrons. The number of hydrogen-bond donors (Lipinski definition) is 1. The molecule has 1 N–H and O–H groups in total. The second kappa shape index (κ2) is 8.98. The Labute approximate surface area is 197 Å². The fourth-order valence-corrected chi connectivity index (χ4v) is 5.43. The summed E-state index contributed by atoms with van der Waals surface area (Å²) in [5.74, 6) is 0.630. The number of thiazole rings is 1. The maximum atomic E-state index is 13.4. The summed E-state index contributed by atoms with van der Waals surface area (Å²) in [5.41, 5.74) is 4.32. The molecule has 2 amide bonds. The van der Waals surface area contributed by atoms with Crippen LogP contribution < -0.4 is 10.1 Å². The molecule has 2 aliphatic rings. The van der Waals surface area contributed by atoms with Crippen LogP contribution in [0, 0.1) is 13.8 Å². The first kappa shape index (κ1) is 21.6. The van der Waals surface area contributed by atoms with Crippen LogP contribution in [-0.2, 0) is 6.42 Å². The minimum Gasteiger partial charge on any atom is -0.493 e. The van der Waals surface area contributed by atoms with Crippen LogP contribution in [-0.4, -0.2) is 47.4 Å². The summed E-state index contributed by atoms with van der Waals surface area (Å²) >= 11 is 1.55. The van der Waals surface area contributed by atoms with E-state index in [1.54, 1.807) is 11.3 Å². The Morgan fingerprint density at radius 2 is 2.06 bits per heavy atom. The highest BCUT2D eigenvalue weighted by atomic mass is 32.1. The van der Waals surface area contributed by atoms with E-state index in [-0.39, 0.29) is 17.9 Å². The maximum absolute atomic E-state index is 13.4. The number of ether oxygens (including phenoxy) is 1. The van der Waals surface area contributed by atoms with Gasteiger partial charge in [-0.05, 0) is 50.8 Å². The first-order chi connectivity index (χ1) is 16.0. The van der Waals surface area contributed by atoms with Crippen molar-refractivity contribution in [3.63, 3.8) is 0 Å². The molecule has 2 aliphatic heterocycles. The van der Waals surface area contributed by atoms with Gasteiger partial charge in [-0.25, -0.2) is 4.98 Å². The summed E-state index contributed by atoms with van der Waals surface area (Å²) in [6.45, 7) is 5.77. The molecule has 1 atom stereocenters. The first-order valence-electron chi connectivity index (χ1n) is 11.4. The fourth-order valence-electron chi connectivity index (χ4n) is 4.52. The number of nitrogens with zero attached hydrogens (tertiary/aromatic N) is 2. The number of amides is 2. The number of nitrogens with one attached hydrogen (secondary N) is 1. The summed E-state index contributed by atoms with van der Waals surface area (Å²) in [7, 11) is 0. The number of aromatic nitrogens is 1. The van der Waals surface area contributed by atoms with Gasteiger partial charge in [0.05, 0.1) is 22.5 Å². The molecule has 5 rings (SSSR count). The van der Waals surface area contributed by atoms with Crippen molar-refractivity contribution in [2.45, 2.75) is 39.2 Å². The van der Waals surface area contributed by atoms with Crippen LogP contribution in [0.15, 0.2) is 42.5 Å². The smallest absolute Gasteiger partial charge is 0.274 e. The number of carbonyl (C=O) groups excluding carboxylic acids is 2. The average Bonchev–Trinajstić information content (AvgIpc) is 3.20. The van der Waals surface area contributed by atoms with Gasteiger partial charge in [-0.1, -0.05) is 35.9 Å². The van der Waals surface area contributed by atoms with Crippen LogP contribution in [0.4, 0.5) is 0 Å². The Hall–Kier alpha value is -3.19. The molecular formula is C26H27N3O3S. The minimum atomic E-state index is -0.110. The number of hydrogen-bond acceptors (Lipinski definition) is 5. The van der Waals surface area contributed by atoms with Crippen LogP contribution in [0.25, 0.3) is 10.4 Å².